The molecule has 1 aliphatic heterocycles. The Morgan fingerprint density at radius 3 is 2.59 bits per heavy atom. The predicted octanol–water partition coefficient (Wildman–Crippen LogP) is 2.73. The second-order valence-corrected chi connectivity index (χ2v) is 10.1. The number of benzene rings is 1. The molecule has 9 nitrogen and oxygen atoms in total. The molecule has 4 rings (SSSR count). The number of fused-ring (bicyclic) bond motifs is 1. The molecular weight excluding hydrogens is 452 g/mol. The summed E-state index contributed by atoms with van der Waals surface area (Å²) in [6, 6.07) is 13.7. The van der Waals surface area contributed by atoms with Crippen molar-refractivity contribution in [1.29, 1.82) is 10.5 Å². The number of aromatic nitrogens is 2. The van der Waals surface area contributed by atoms with Crippen molar-refractivity contribution in [3.8, 4) is 12.1 Å². The zero-order valence-electron chi connectivity index (χ0n) is 18.9. The molecule has 0 N–H and O–H groups in total. The molecule has 0 spiro atoms. The molecule has 1 amide bonds. The van der Waals surface area contributed by atoms with Crippen molar-refractivity contribution in [2.24, 2.45) is 5.92 Å². The van der Waals surface area contributed by atoms with E-state index in [-0.39, 0.29) is 34.8 Å². The normalized spacial score (nSPS) is 17.9. The maximum Gasteiger partial charge on any atom is 0.269 e. The predicted molar refractivity (Wildman–Crippen MR) is 126 cm³/mol. The molecule has 0 saturated carbocycles. The fourth-order valence-electron chi connectivity index (χ4n) is 4.65. The molecule has 3 heterocycles. The number of carbonyl (C=O) groups is 1. The number of likely N-dealkylation sites (tertiary alicyclic amines) is 1. The Morgan fingerprint density at radius 1 is 1.21 bits per heavy atom. The number of anilines is 1. The van der Waals surface area contributed by atoms with Gasteiger partial charge in [0.2, 0.25) is 5.91 Å². The van der Waals surface area contributed by atoms with E-state index in [4.69, 9.17) is 5.26 Å². The summed E-state index contributed by atoms with van der Waals surface area (Å²) in [5, 5.41) is 19.3. The standard InChI is InChI=1S/C24H24N6O3S/c1-3-17-15-29(22(31)9-11-25)16-21(17)28(2)23-18(13-26)14-27-24-20(23)10-12-30(24)34(32,33)19-7-5-4-6-8-19/h4-8,10,12,14,17,21H,3,9,15-16H2,1-2H3/t17-,21?/m1/s1. The van der Waals surface area contributed by atoms with E-state index in [1.54, 1.807) is 29.2 Å². The Morgan fingerprint density at radius 2 is 1.94 bits per heavy atom. The lowest BCUT2D eigenvalue weighted by molar-refractivity contribution is -0.129. The van der Waals surface area contributed by atoms with Gasteiger partial charge < -0.3 is 9.80 Å². The third-order valence-corrected chi connectivity index (χ3v) is 8.12. The lowest BCUT2D eigenvalue weighted by atomic mass is 9.98. The Hall–Kier alpha value is -3.89. The number of hydrogen-bond acceptors (Lipinski definition) is 7. The van der Waals surface area contributed by atoms with Gasteiger partial charge in [-0.1, -0.05) is 25.1 Å². The molecule has 1 saturated heterocycles. The van der Waals surface area contributed by atoms with Gasteiger partial charge in [-0.05, 0) is 30.5 Å². The van der Waals surface area contributed by atoms with E-state index in [1.807, 2.05) is 24.9 Å². The van der Waals surface area contributed by atoms with Crippen molar-refractivity contribution < 1.29 is 13.2 Å². The summed E-state index contributed by atoms with van der Waals surface area (Å²) in [5.74, 6) is -0.0742. The monoisotopic (exact) mass is 476 g/mol. The van der Waals surface area contributed by atoms with Crippen molar-refractivity contribution in [2.45, 2.75) is 30.7 Å². The second kappa shape index (κ2) is 9.16. The van der Waals surface area contributed by atoms with Crippen LogP contribution in [-0.4, -0.2) is 54.4 Å². The van der Waals surface area contributed by atoms with Gasteiger partial charge in [-0.3, -0.25) is 4.79 Å². The quantitative estimate of drug-likeness (QED) is 0.536. The Kier molecular flexibility index (Phi) is 6.27. The van der Waals surface area contributed by atoms with Crippen LogP contribution in [0, 0.1) is 28.6 Å². The maximum absolute atomic E-state index is 13.3. The highest BCUT2D eigenvalue weighted by Crippen LogP contribution is 2.35. The van der Waals surface area contributed by atoms with Crippen molar-refractivity contribution in [1.82, 2.24) is 13.9 Å². The Bertz CT molecular complexity index is 1420. The van der Waals surface area contributed by atoms with E-state index in [0.717, 1.165) is 10.4 Å². The number of hydrogen-bond donors (Lipinski definition) is 0. The lowest BCUT2D eigenvalue weighted by Crippen LogP contribution is -2.39. The first-order chi connectivity index (χ1) is 16.3. The molecule has 10 heteroatoms. The maximum atomic E-state index is 13.3. The van der Waals surface area contributed by atoms with E-state index >= 15 is 0 Å². The lowest BCUT2D eigenvalue weighted by Gasteiger charge is -2.31. The molecule has 1 aliphatic rings. The van der Waals surface area contributed by atoms with E-state index in [9.17, 15) is 18.5 Å². The Balaban J connectivity index is 1.79. The molecule has 3 aromatic rings. The van der Waals surface area contributed by atoms with Crippen molar-refractivity contribution in [3.63, 3.8) is 0 Å². The van der Waals surface area contributed by atoms with E-state index in [1.165, 1.54) is 24.5 Å². The van der Waals surface area contributed by atoms with Crippen LogP contribution in [0.5, 0.6) is 0 Å². The minimum atomic E-state index is -3.88. The molecular formula is C24H24N6O3S. The van der Waals surface area contributed by atoms with Crippen LogP contribution in [0.2, 0.25) is 0 Å². The number of nitrogens with zero attached hydrogens (tertiary/aromatic N) is 6. The van der Waals surface area contributed by atoms with Crippen LogP contribution in [0.4, 0.5) is 5.69 Å². The topological polar surface area (TPSA) is 123 Å². The average molecular weight is 477 g/mol. The smallest absolute Gasteiger partial charge is 0.269 e. The summed E-state index contributed by atoms with van der Waals surface area (Å²) in [7, 11) is -2.02. The van der Waals surface area contributed by atoms with Crippen molar-refractivity contribution in [3.05, 3.63) is 54.4 Å². The number of likely N-dealkylation sites (N-methyl/N-ethyl adjacent to an activating group) is 1. The molecule has 0 aliphatic carbocycles. The van der Waals surface area contributed by atoms with Gasteiger partial charge in [0, 0.05) is 37.9 Å². The zero-order valence-corrected chi connectivity index (χ0v) is 19.7. The first kappa shape index (κ1) is 23.3. The van der Waals surface area contributed by atoms with Crippen LogP contribution in [0.1, 0.15) is 25.3 Å². The first-order valence-corrected chi connectivity index (χ1v) is 12.4. The Labute approximate surface area is 198 Å². The molecule has 1 fully saturated rings. The summed E-state index contributed by atoms with van der Waals surface area (Å²) in [5.41, 5.74) is 1.13. The van der Waals surface area contributed by atoms with Crippen LogP contribution < -0.4 is 4.90 Å². The number of amides is 1. The fourth-order valence-corrected chi connectivity index (χ4v) is 5.98. The average Bonchev–Trinajstić information content (AvgIpc) is 3.48. The van der Waals surface area contributed by atoms with Gasteiger partial charge in [0.15, 0.2) is 5.65 Å². The summed E-state index contributed by atoms with van der Waals surface area (Å²) >= 11 is 0. The van der Waals surface area contributed by atoms with Crippen LogP contribution in [0.3, 0.4) is 0 Å². The summed E-state index contributed by atoms with van der Waals surface area (Å²) in [4.78, 5) is 20.4. The highest BCUT2D eigenvalue weighted by atomic mass is 32.2. The van der Waals surface area contributed by atoms with Gasteiger partial charge in [-0.2, -0.15) is 10.5 Å². The summed E-state index contributed by atoms with van der Waals surface area (Å²) in [6.07, 6.45) is 3.48. The SMILES string of the molecule is CC[C@@H]1CN(C(=O)CC#N)CC1N(C)c1c(C#N)cnc2c1ccn2S(=O)(=O)c1ccccc1. The molecule has 2 aromatic heterocycles. The van der Waals surface area contributed by atoms with Gasteiger partial charge >= 0.3 is 0 Å². The second-order valence-electron chi connectivity index (χ2n) is 8.28. The highest BCUT2D eigenvalue weighted by molar-refractivity contribution is 7.90. The van der Waals surface area contributed by atoms with Gasteiger partial charge in [0.25, 0.3) is 10.0 Å². The molecule has 1 aromatic carbocycles. The minimum Gasteiger partial charge on any atom is -0.368 e. The zero-order chi connectivity index (χ0) is 24.5. The third kappa shape index (κ3) is 3.87. The largest absolute Gasteiger partial charge is 0.368 e. The third-order valence-electron chi connectivity index (χ3n) is 6.44. The van der Waals surface area contributed by atoms with Crippen LogP contribution in [-0.2, 0) is 14.8 Å². The van der Waals surface area contributed by atoms with Gasteiger partial charge in [-0.25, -0.2) is 17.4 Å². The number of pyridine rings is 1. The van der Waals surface area contributed by atoms with Gasteiger partial charge in [0.05, 0.1) is 28.3 Å². The van der Waals surface area contributed by atoms with E-state index in [2.05, 4.69) is 11.1 Å². The molecule has 1 unspecified atom stereocenters. The number of nitriles is 2. The summed E-state index contributed by atoms with van der Waals surface area (Å²) < 4.78 is 27.6. The van der Waals surface area contributed by atoms with Crippen LogP contribution >= 0.6 is 0 Å². The molecule has 0 bridgehead atoms. The van der Waals surface area contributed by atoms with Crippen molar-refractivity contribution in [2.75, 3.05) is 25.0 Å². The number of carbonyl (C=O) groups excluding carboxylic acids is 1. The number of rotatable bonds is 6. The summed E-state index contributed by atoms with van der Waals surface area (Å²) in [6.45, 7) is 3.00. The highest BCUT2D eigenvalue weighted by Gasteiger charge is 2.38. The van der Waals surface area contributed by atoms with Crippen LogP contribution in [0.15, 0.2) is 53.7 Å². The molecule has 2 atom stereocenters. The van der Waals surface area contributed by atoms with Crippen LogP contribution in [0.25, 0.3) is 11.0 Å². The molecule has 34 heavy (non-hydrogen) atoms. The van der Waals surface area contributed by atoms with Gasteiger partial charge in [-0.15, -0.1) is 0 Å². The van der Waals surface area contributed by atoms with E-state index < -0.39 is 10.0 Å². The van der Waals surface area contributed by atoms with Gasteiger partial charge in [0.1, 0.15) is 12.5 Å². The van der Waals surface area contributed by atoms with Crippen molar-refractivity contribution >= 4 is 32.7 Å². The first-order valence-electron chi connectivity index (χ1n) is 10.9. The minimum absolute atomic E-state index is 0.0978. The molecule has 0 radical (unpaired) electrons. The molecule has 174 valence electrons. The van der Waals surface area contributed by atoms with E-state index in [0.29, 0.717) is 29.7 Å². The fraction of sp³-hybridized carbons (Fsp3) is 0.333.